The van der Waals surface area contributed by atoms with Gasteiger partial charge in [-0.3, -0.25) is 0 Å². The Morgan fingerprint density at radius 2 is 1.80 bits per heavy atom. The van der Waals surface area contributed by atoms with Crippen molar-refractivity contribution >= 4 is 17.4 Å². The molecule has 0 aromatic heterocycles. The lowest BCUT2D eigenvalue weighted by Gasteiger charge is -2.06. The summed E-state index contributed by atoms with van der Waals surface area (Å²) in [6.45, 7) is 0.538. The molecule has 0 aliphatic rings. The lowest BCUT2D eigenvalue weighted by atomic mass is 10.3. The first-order chi connectivity index (χ1) is 9.65. The molecule has 0 heterocycles. The number of benzene rings is 2. The third kappa shape index (κ3) is 4.42. The van der Waals surface area contributed by atoms with E-state index in [0.29, 0.717) is 12.4 Å². The Balaban J connectivity index is 1.68. The van der Waals surface area contributed by atoms with E-state index in [0.717, 1.165) is 17.1 Å². The van der Waals surface area contributed by atoms with Crippen LogP contribution in [0, 0.1) is 11.6 Å². The van der Waals surface area contributed by atoms with Crippen LogP contribution in [0.1, 0.15) is 6.42 Å². The normalized spacial score (nSPS) is 10.5. The van der Waals surface area contributed by atoms with E-state index in [4.69, 9.17) is 10.5 Å². The second-order valence-electron chi connectivity index (χ2n) is 4.19. The van der Waals surface area contributed by atoms with Crippen LogP contribution in [0.2, 0.25) is 0 Å². The lowest BCUT2D eigenvalue weighted by molar-refractivity contribution is 0.318. The van der Waals surface area contributed by atoms with Gasteiger partial charge in [-0.25, -0.2) is 8.78 Å². The minimum atomic E-state index is -0.391. The summed E-state index contributed by atoms with van der Waals surface area (Å²) in [5.41, 5.74) is 5.57. The molecule has 2 N–H and O–H groups in total. The van der Waals surface area contributed by atoms with Crippen molar-refractivity contribution < 1.29 is 13.5 Å². The molecule has 106 valence electrons. The van der Waals surface area contributed by atoms with E-state index in [1.165, 1.54) is 18.2 Å². The van der Waals surface area contributed by atoms with Crippen LogP contribution >= 0.6 is 11.8 Å². The Morgan fingerprint density at radius 3 is 2.50 bits per heavy atom. The van der Waals surface area contributed by atoms with Crippen LogP contribution in [0.15, 0.2) is 47.4 Å². The van der Waals surface area contributed by atoms with Gasteiger partial charge >= 0.3 is 0 Å². The highest BCUT2D eigenvalue weighted by Gasteiger charge is 2.01. The zero-order valence-corrected chi connectivity index (χ0v) is 11.6. The van der Waals surface area contributed by atoms with Crippen molar-refractivity contribution in [3.8, 4) is 5.75 Å². The van der Waals surface area contributed by atoms with Crippen molar-refractivity contribution in [1.29, 1.82) is 0 Å². The maximum Gasteiger partial charge on any atom is 0.147 e. The van der Waals surface area contributed by atoms with Gasteiger partial charge in [0, 0.05) is 10.6 Å². The fourth-order valence-electron chi connectivity index (χ4n) is 1.57. The molecule has 2 aromatic carbocycles. The Labute approximate surface area is 120 Å². The van der Waals surface area contributed by atoms with E-state index in [-0.39, 0.29) is 11.5 Å². The van der Waals surface area contributed by atoms with E-state index >= 15 is 0 Å². The highest BCUT2D eigenvalue weighted by Crippen LogP contribution is 2.22. The third-order valence-electron chi connectivity index (χ3n) is 2.61. The molecule has 0 saturated carbocycles. The highest BCUT2D eigenvalue weighted by molar-refractivity contribution is 7.99. The summed E-state index contributed by atoms with van der Waals surface area (Å²) < 4.78 is 31.4. The number of hydrogen-bond acceptors (Lipinski definition) is 3. The molecule has 5 heteroatoms. The number of hydrogen-bond donors (Lipinski definition) is 1. The predicted octanol–water partition coefficient (Wildman–Crippen LogP) is 4.11. The molecule has 0 bridgehead atoms. The monoisotopic (exact) mass is 295 g/mol. The van der Waals surface area contributed by atoms with Gasteiger partial charge in [-0.15, -0.1) is 11.8 Å². The number of thioether (sulfide) groups is 1. The fraction of sp³-hybridized carbons (Fsp3) is 0.200. The van der Waals surface area contributed by atoms with E-state index < -0.39 is 5.82 Å². The quantitative estimate of drug-likeness (QED) is 0.495. The topological polar surface area (TPSA) is 35.2 Å². The molecule has 0 unspecified atom stereocenters. The van der Waals surface area contributed by atoms with Gasteiger partial charge < -0.3 is 10.5 Å². The van der Waals surface area contributed by atoms with Crippen LogP contribution < -0.4 is 10.5 Å². The molecule has 0 aliphatic heterocycles. The van der Waals surface area contributed by atoms with Crippen molar-refractivity contribution in [3.63, 3.8) is 0 Å². The second kappa shape index (κ2) is 7.14. The summed E-state index contributed by atoms with van der Waals surface area (Å²) in [6, 6.07) is 10.7. The smallest absolute Gasteiger partial charge is 0.147 e. The molecule has 20 heavy (non-hydrogen) atoms. The number of anilines is 1. The third-order valence-corrected chi connectivity index (χ3v) is 3.69. The standard InChI is InChI=1S/C15H15F2NOS/c16-11-2-4-12(5-3-11)19-8-1-9-20-13-6-7-15(18)14(17)10-13/h2-7,10H,1,8-9,18H2. The van der Waals surface area contributed by atoms with Crippen LogP contribution in [0.3, 0.4) is 0 Å². The molecule has 0 radical (unpaired) electrons. The summed E-state index contributed by atoms with van der Waals surface area (Å²) in [7, 11) is 0. The molecule has 2 aromatic rings. The molecular formula is C15H15F2NOS. The number of ether oxygens (including phenoxy) is 1. The maximum atomic E-state index is 13.2. The molecule has 0 atom stereocenters. The van der Waals surface area contributed by atoms with Gasteiger partial charge in [-0.1, -0.05) is 0 Å². The van der Waals surface area contributed by atoms with Gasteiger partial charge in [-0.2, -0.15) is 0 Å². The Kier molecular flexibility index (Phi) is 5.24. The van der Waals surface area contributed by atoms with Gasteiger partial charge in [0.1, 0.15) is 17.4 Å². The summed E-state index contributed by atoms with van der Waals surface area (Å²) >= 11 is 1.55. The van der Waals surface area contributed by atoms with Gasteiger partial charge in [0.15, 0.2) is 0 Å². The molecule has 0 amide bonds. The van der Waals surface area contributed by atoms with Gasteiger partial charge in [0.25, 0.3) is 0 Å². The highest BCUT2D eigenvalue weighted by atomic mass is 32.2. The average Bonchev–Trinajstić information content (AvgIpc) is 2.44. The number of nitrogen functional groups attached to an aromatic ring is 1. The molecule has 2 rings (SSSR count). The lowest BCUT2D eigenvalue weighted by Crippen LogP contribution is -1.98. The van der Waals surface area contributed by atoms with E-state index in [1.807, 2.05) is 0 Å². The van der Waals surface area contributed by atoms with Crippen molar-refractivity contribution in [1.82, 2.24) is 0 Å². The van der Waals surface area contributed by atoms with E-state index in [1.54, 1.807) is 36.0 Å². The molecule has 2 nitrogen and oxygen atoms in total. The number of nitrogens with two attached hydrogens (primary N) is 1. The molecule has 0 spiro atoms. The summed E-state index contributed by atoms with van der Waals surface area (Å²) in [5, 5.41) is 0. The Morgan fingerprint density at radius 1 is 1.05 bits per heavy atom. The summed E-state index contributed by atoms with van der Waals surface area (Å²) in [6.07, 6.45) is 0.814. The van der Waals surface area contributed by atoms with Crippen LogP contribution in [0.25, 0.3) is 0 Å². The fourth-order valence-corrected chi connectivity index (χ4v) is 2.42. The summed E-state index contributed by atoms with van der Waals surface area (Å²) in [4.78, 5) is 0.846. The zero-order valence-electron chi connectivity index (χ0n) is 10.8. The summed E-state index contributed by atoms with van der Waals surface area (Å²) in [5.74, 6) is 0.788. The first-order valence-corrected chi connectivity index (χ1v) is 7.20. The van der Waals surface area contributed by atoms with Gasteiger partial charge in [-0.05, 0) is 48.9 Å². The molecule has 0 aliphatic carbocycles. The predicted molar refractivity (Wildman–Crippen MR) is 78.0 cm³/mol. The Bertz CT molecular complexity index is 560. The largest absolute Gasteiger partial charge is 0.494 e. The molecular weight excluding hydrogens is 280 g/mol. The minimum Gasteiger partial charge on any atom is -0.494 e. The average molecular weight is 295 g/mol. The number of halogens is 2. The van der Waals surface area contributed by atoms with Gasteiger partial charge in [0.05, 0.1) is 12.3 Å². The van der Waals surface area contributed by atoms with Crippen LogP contribution in [0.4, 0.5) is 14.5 Å². The van der Waals surface area contributed by atoms with Crippen molar-refractivity contribution in [3.05, 3.63) is 54.1 Å². The SMILES string of the molecule is Nc1ccc(SCCCOc2ccc(F)cc2)cc1F. The van der Waals surface area contributed by atoms with Crippen molar-refractivity contribution in [2.45, 2.75) is 11.3 Å². The van der Waals surface area contributed by atoms with Crippen molar-refractivity contribution in [2.24, 2.45) is 0 Å². The van der Waals surface area contributed by atoms with E-state index in [2.05, 4.69) is 0 Å². The molecule has 0 fully saturated rings. The maximum absolute atomic E-state index is 13.2. The first kappa shape index (κ1) is 14.7. The van der Waals surface area contributed by atoms with Gasteiger partial charge in [0.2, 0.25) is 0 Å². The van der Waals surface area contributed by atoms with Crippen LogP contribution in [0.5, 0.6) is 5.75 Å². The first-order valence-electron chi connectivity index (χ1n) is 6.21. The van der Waals surface area contributed by atoms with Crippen molar-refractivity contribution in [2.75, 3.05) is 18.1 Å². The van der Waals surface area contributed by atoms with Crippen LogP contribution in [-0.4, -0.2) is 12.4 Å². The van der Waals surface area contributed by atoms with E-state index in [9.17, 15) is 8.78 Å². The Hall–Kier alpha value is -1.75. The minimum absolute atomic E-state index is 0.161. The number of rotatable bonds is 6. The zero-order chi connectivity index (χ0) is 14.4. The second-order valence-corrected chi connectivity index (χ2v) is 5.36. The van der Waals surface area contributed by atoms with Crippen LogP contribution in [-0.2, 0) is 0 Å². The molecule has 0 saturated heterocycles.